The molecule has 8 nitrogen and oxygen atoms in total. The first-order valence-electron chi connectivity index (χ1n) is 6.57. The summed E-state index contributed by atoms with van der Waals surface area (Å²) >= 11 is 5.26. The summed E-state index contributed by atoms with van der Waals surface area (Å²) < 4.78 is 6.35. The van der Waals surface area contributed by atoms with Crippen molar-refractivity contribution in [3.05, 3.63) is 32.5 Å². The largest absolute Gasteiger partial charge is 0.473 e. The standard InChI is InChI=1S/C11H12BrN3OS.C2H2O4/c1-7-13-11(16-14-7)8-3-15(4-8)5-10-2-9(12)6-17-10;3-1(4)2(5)6/h2,6,8H,3-5H2,1H3;(H,3,4)(H,5,6). The Morgan fingerprint density at radius 2 is 2.09 bits per heavy atom. The highest BCUT2D eigenvalue weighted by Gasteiger charge is 2.32. The van der Waals surface area contributed by atoms with Crippen LogP contribution in [0.5, 0.6) is 0 Å². The second-order valence-electron chi connectivity index (χ2n) is 4.91. The molecule has 10 heteroatoms. The van der Waals surface area contributed by atoms with Crippen molar-refractivity contribution in [2.24, 2.45) is 0 Å². The molecular formula is C13H14BrN3O5S. The molecule has 124 valence electrons. The molecule has 1 aliphatic rings. The molecule has 0 aromatic carbocycles. The van der Waals surface area contributed by atoms with Crippen molar-refractivity contribution in [3.8, 4) is 0 Å². The number of aromatic nitrogens is 2. The van der Waals surface area contributed by atoms with Crippen LogP contribution in [0.3, 0.4) is 0 Å². The monoisotopic (exact) mass is 403 g/mol. The van der Waals surface area contributed by atoms with Crippen LogP contribution < -0.4 is 0 Å². The molecule has 1 saturated heterocycles. The fourth-order valence-electron chi connectivity index (χ4n) is 1.99. The Bertz CT molecular complexity index is 683. The molecule has 2 N–H and O–H groups in total. The second-order valence-corrected chi connectivity index (χ2v) is 6.82. The van der Waals surface area contributed by atoms with E-state index in [4.69, 9.17) is 24.3 Å². The number of aliphatic carboxylic acids is 2. The first-order chi connectivity index (χ1) is 10.8. The Morgan fingerprint density at radius 1 is 1.43 bits per heavy atom. The van der Waals surface area contributed by atoms with Gasteiger partial charge < -0.3 is 14.7 Å². The minimum Gasteiger partial charge on any atom is -0.473 e. The van der Waals surface area contributed by atoms with Crippen LogP contribution in [-0.4, -0.2) is 50.3 Å². The van der Waals surface area contributed by atoms with E-state index in [1.165, 1.54) is 9.35 Å². The van der Waals surface area contributed by atoms with E-state index in [2.05, 4.69) is 42.4 Å². The Kier molecular flexibility index (Phi) is 5.85. The molecule has 0 aliphatic carbocycles. The molecule has 3 rings (SSSR count). The molecular weight excluding hydrogens is 390 g/mol. The Labute approximate surface area is 143 Å². The van der Waals surface area contributed by atoms with Gasteiger partial charge in [-0.15, -0.1) is 11.3 Å². The number of likely N-dealkylation sites (tertiary alicyclic amines) is 1. The highest BCUT2D eigenvalue weighted by atomic mass is 79.9. The van der Waals surface area contributed by atoms with Crippen LogP contribution >= 0.6 is 27.3 Å². The zero-order chi connectivity index (χ0) is 17.0. The van der Waals surface area contributed by atoms with E-state index in [0.29, 0.717) is 5.92 Å². The van der Waals surface area contributed by atoms with Gasteiger partial charge in [-0.05, 0) is 28.9 Å². The Morgan fingerprint density at radius 3 is 2.52 bits per heavy atom. The molecule has 2 aromatic rings. The number of rotatable bonds is 3. The van der Waals surface area contributed by atoms with Gasteiger partial charge in [0.05, 0.1) is 5.92 Å². The molecule has 0 saturated carbocycles. The first-order valence-corrected chi connectivity index (χ1v) is 8.24. The van der Waals surface area contributed by atoms with Crippen LogP contribution in [-0.2, 0) is 16.1 Å². The van der Waals surface area contributed by atoms with E-state index >= 15 is 0 Å². The van der Waals surface area contributed by atoms with E-state index in [-0.39, 0.29) is 0 Å². The molecule has 0 radical (unpaired) electrons. The summed E-state index contributed by atoms with van der Waals surface area (Å²) in [6.45, 7) is 4.89. The molecule has 1 fully saturated rings. The van der Waals surface area contributed by atoms with Crippen molar-refractivity contribution >= 4 is 39.2 Å². The lowest BCUT2D eigenvalue weighted by Gasteiger charge is -2.36. The molecule has 2 aromatic heterocycles. The number of halogens is 1. The average molecular weight is 404 g/mol. The molecule has 23 heavy (non-hydrogen) atoms. The van der Waals surface area contributed by atoms with Crippen LogP contribution in [0, 0.1) is 6.92 Å². The molecule has 1 aliphatic heterocycles. The van der Waals surface area contributed by atoms with Gasteiger partial charge in [-0.25, -0.2) is 9.59 Å². The average Bonchev–Trinajstić information content (AvgIpc) is 3.03. The van der Waals surface area contributed by atoms with Gasteiger partial charge in [-0.3, -0.25) is 4.90 Å². The predicted molar refractivity (Wildman–Crippen MR) is 84.3 cm³/mol. The lowest BCUT2D eigenvalue weighted by Crippen LogP contribution is -2.44. The highest BCUT2D eigenvalue weighted by Crippen LogP contribution is 2.29. The third-order valence-corrected chi connectivity index (χ3v) is 4.72. The second kappa shape index (κ2) is 7.66. The van der Waals surface area contributed by atoms with Crippen molar-refractivity contribution in [3.63, 3.8) is 0 Å². The lowest BCUT2D eigenvalue weighted by atomic mass is 10.0. The Balaban J connectivity index is 0.000000277. The van der Waals surface area contributed by atoms with E-state index in [9.17, 15) is 0 Å². The van der Waals surface area contributed by atoms with Crippen LogP contribution in [0.4, 0.5) is 0 Å². The molecule has 3 heterocycles. The summed E-state index contributed by atoms with van der Waals surface area (Å²) in [6, 6.07) is 2.18. The SMILES string of the molecule is Cc1noc(C2CN(Cc3cc(Br)cs3)C2)n1.O=C(O)C(=O)O. The van der Waals surface area contributed by atoms with Crippen molar-refractivity contribution < 1.29 is 24.3 Å². The Hall–Kier alpha value is -1.78. The number of carbonyl (C=O) groups is 2. The van der Waals surface area contributed by atoms with Gasteiger partial charge in [0.15, 0.2) is 5.82 Å². The summed E-state index contributed by atoms with van der Waals surface area (Å²) in [5, 5.41) is 20.7. The van der Waals surface area contributed by atoms with Crippen molar-refractivity contribution in [1.29, 1.82) is 0 Å². The van der Waals surface area contributed by atoms with Crippen molar-refractivity contribution in [1.82, 2.24) is 15.0 Å². The van der Waals surface area contributed by atoms with E-state index in [0.717, 1.165) is 31.3 Å². The van der Waals surface area contributed by atoms with Crippen LogP contribution in [0.25, 0.3) is 0 Å². The number of hydrogen-bond acceptors (Lipinski definition) is 7. The van der Waals surface area contributed by atoms with Crippen molar-refractivity contribution in [2.45, 2.75) is 19.4 Å². The maximum absolute atomic E-state index is 9.10. The molecule has 0 unspecified atom stereocenters. The third kappa shape index (κ3) is 5.12. The third-order valence-electron chi connectivity index (χ3n) is 3.03. The zero-order valence-corrected chi connectivity index (χ0v) is 14.5. The van der Waals surface area contributed by atoms with Gasteiger partial charge in [-0.2, -0.15) is 4.98 Å². The van der Waals surface area contributed by atoms with E-state index in [1.807, 2.05) is 6.92 Å². The van der Waals surface area contributed by atoms with Crippen molar-refractivity contribution in [2.75, 3.05) is 13.1 Å². The smallest absolute Gasteiger partial charge is 0.414 e. The number of carboxylic acid groups (broad SMARTS) is 2. The van der Waals surface area contributed by atoms with Gasteiger partial charge in [0.2, 0.25) is 5.89 Å². The fourth-order valence-corrected chi connectivity index (χ4v) is 3.48. The quantitative estimate of drug-likeness (QED) is 0.746. The van der Waals surface area contributed by atoms with Gasteiger partial charge in [0, 0.05) is 34.4 Å². The molecule has 0 atom stereocenters. The van der Waals surface area contributed by atoms with E-state index in [1.54, 1.807) is 11.3 Å². The number of nitrogens with zero attached hydrogens (tertiary/aromatic N) is 3. The van der Waals surface area contributed by atoms with Crippen LogP contribution in [0.1, 0.15) is 22.5 Å². The summed E-state index contributed by atoms with van der Waals surface area (Å²) in [5.74, 6) is -1.73. The predicted octanol–water partition coefficient (Wildman–Crippen LogP) is 1.96. The lowest BCUT2D eigenvalue weighted by molar-refractivity contribution is -0.159. The maximum atomic E-state index is 9.10. The number of thiophene rings is 1. The van der Waals surface area contributed by atoms with Crippen LogP contribution in [0.15, 0.2) is 20.4 Å². The normalized spacial score (nSPS) is 14.7. The minimum atomic E-state index is -1.82. The van der Waals surface area contributed by atoms with Gasteiger partial charge in [-0.1, -0.05) is 5.16 Å². The summed E-state index contributed by atoms with van der Waals surface area (Å²) in [4.78, 5) is 26.2. The number of aryl methyl sites for hydroxylation is 1. The fraction of sp³-hybridized carbons (Fsp3) is 0.385. The van der Waals surface area contributed by atoms with E-state index < -0.39 is 11.9 Å². The van der Waals surface area contributed by atoms with Gasteiger partial charge >= 0.3 is 11.9 Å². The zero-order valence-electron chi connectivity index (χ0n) is 12.1. The number of carboxylic acids is 2. The van der Waals surface area contributed by atoms with Crippen LogP contribution in [0.2, 0.25) is 0 Å². The minimum absolute atomic E-state index is 0.416. The summed E-state index contributed by atoms with van der Waals surface area (Å²) in [7, 11) is 0. The summed E-state index contributed by atoms with van der Waals surface area (Å²) in [6.07, 6.45) is 0. The molecule has 0 spiro atoms. The molecule has 0 amide bonds. The highest BCUT2D eigenvalue weighted by molar-refractivity contribution is 9.10. The first kappa shape index (κ1) is 17.6. The number of hydrogen-bond donors (Lipinski definition) is 2. The molecule has 0 bridgehead atoms. The van der Waals surface area contributed by atoms with Gasteiger partial charge in [0.25, 0.3) is 0 Å². The maximum Gasteiger partial charge on any atom is 0.414 e. The summed E-state index contributed by atoms with van der Waals surface area (Å²) in [5.41, 5.74) is 0. The van der Waals surface area contributed by atoms with Gasteiger partial charge in [0.1, 0.15) is 0 Å². The topological polar surface area (TPSA) is 117 Å².